The number of nitrogens with two attached hydrogens (primary N) is 1. The summed E-state index contributed by atoms with van der Waals surface area (Å²) in [6.45, 7) is 0.484. The molecular formula is C20H21FN2O4. The highest BCUT2D eigenvalue weighted by molar-refractivity contribution is 5.89. The van der Waals surface area contributed by atoms with Gasteiger partial charge in [-0.25, -0.2) is 4.39 Å². The Kier molecular flexibility index (Phi) is 5.71. The van der Waals surface area contributed by atoms with E-state index in [1.807, 2.05) is 0 Å². The largest absolute Gasteiger partial charge is 0.457 e. The normalized spacial score (nSPS) is 17.6. The van der Waals surface area contributed by atoms with Crippen LogP contribution in [0.5, 0.6) is 11.5 Å². The minimum atomic E-state index is -0.829. The molecule has 0 aliphatic carbocycles. The van der Waals surface area contributed by atoms with Crippen LogP contribution < -0.4 is 10.5 Å². The highest BCUT2D eigenvalue weighted by Gasteiger charge is 2.36. The lowest BCUT2D eigenvalue weighted by Gasteiger charge is -2.26. The maximum atomic E-state index is 13.0. The topological polar surface area (TPSA) is 81.9 Å². The molecule has 0 saturated carbocycles. The fourth-order valence-corrected chi connectivity index (χ4v) is 3.21. The Balaban J connectivity index is 1.73. The maximum absolute atomic E-state index is 13.0. The van der Waals surface area contributed by atoms with E-state index in [1.54, 1.807) is 24.3 Å². The Morgan fingerprint density at radius 2 is 1.70 bits per heavy atom. The number of carbonyl (C=O) groups is 2. The first-order valence-electron chi connectivity index (χ1n) is 8.65. The Labute approximate surface area is 156 Å². The molecule has 3 rings (SSSR count). The number of rotatable bonds is 6. The van der Waals surface area contributed by atoms with Gasteiger partial charge in [0, 0.05) is 13.7 Å². The van der Waals surface area contributed by atoms with Crippen molar-refractivity contribution in [2.24, 2.45) is 5.73 Å². The van der Waals surface area contributed by atoms with E-state index in [2.05, 4.69) is 0 Å². The number of halogens is 1. The third-order valence-corrected chi connectivity index (χ3v) is 4.56. The fraction of sp³-hybridized carbons (Fsp3) is 0.300. The predicted molar refractivity (Wildman–Crippen MR) is 96.6 cm³/mol. The first kappa shape index (κ1) is 18.8. The van der Waals surface area contributed by atoms with E-state index in [1.165, 1.54) is 36.3 Å². The molecule has 0 spiro atoms. The molecule has 0 radical (unpaired) electrons. The number of methoxy groups -OCH3 is 1. The van der Waals surface area contributed by atoms with Crippen molar-refractivity contribution in [3.05, 3.63) is 59.9 Å². The lowest BCUT2D eigenvalue weighted by molar-refractivity contribution is -0.146. The lowest BCUT2D eigenvalue weighted by atomic mass is 10.1. The summed E-state index contributed by atoms with van der Waals surface area (Å²) in [5.41, 5.74) is 6.04. The average molecular weight is 372 g/mol. The smallest absolute Gasteiger partial charge is 0.257 e. The van der Waals surface area contributed by atoms with E-state index >= 15 is 0 Å². The number of nitrogens with zero attached hydrogens (tertiary/aromatic N) is 1. The Bertz CT molecular complexity index is 808. The summed E-state index contributed by atoms with van der Waals surface area (Å²) in [6.07, 6.45) is 0.479. The standard InChI is InChI=1S/C20H21FN2O4/c1-26-18(20(25)23-12-2-3-17(23)19(22)24)13-4-8-15(9-5-13)27-16-10-6-14(21)7-11-16/h4-11,17-18H,2-3,12H2,1H3,(H2,22,24). The molecule has 1 aliphatic heterocycles. The number of benzene rings is 2. The van der Waals surface area contributed by atoms with Gasteiger partial charge in [-0.3, -0.25) is 9.59 Å². The molecule has 1 heterocycles. The molecule has 2 N–H and O–H groups in total. The quantitative estimate of drug-likeness (QED) is 0.845. The van der Waals surface area contributed by atoms with E-state index < -0.39 is 18.1 Å². The molecule has 2 aromatic rings. The highest BCUT2D eigenvalue weighted by Crippen LogP contribution is 2.28. The second-order valence-corrected chi connectivity index (χ2v) is 6.33. The zero-order valence-electron chi connectivity index (χ0n) is 14.9. The summed E-state index contributed by atoms with van der Waals surface area (Å²) < 4.78 is 24.0. The molecular weight excluding hydrogens is 351 g/mol. The third-order valence-electron chi connectivity index (χ3n) is 4.56. The molecule has 2 amide bonds. The molecule has 1 aliphatic rings. The van der Waals surface area contributed by atoms with Gasteiger partial charge in [-0.1, -0.05) is 12.1 Å². The van der Waals surface area contributed by atoms with Gasteiger partial charge in [0.1, 0.15) is 23.4 Å². The molecule has 2 atom stereocenters. The molecule has 0 bridgehead atoms. The van der Waals surface area contributed by atoms with Crippen molar-refractivity contribution in [2.75, 3.05) is 13.7 Å². The van der Waals surface area contributed by atoms with Gasteiger partial charge < -0.3 is 20.1 Å². The zero-order chi connectivity index (χ0) is 19.4. The van der Waals surface area contributed by atoms with Crippen LogP contribution in [0, 0.1) is 5.82 Å². The molecule has 2 unspecified atom stereocenters. The highest BCUT2D eigenvalue weighted by atomic mass is 19.1. The van der Waals surface area contributed by atoms with Crippen LogP contribution >= 0.6 is 0 Å². The van der Waals surface area contributed by atoms with Crippen molar-refractivity contribution in [2.45, 2.75) is 25.0 Å². The first-order valence-corrected chi connectivity index (χ1v) is 8.65. The van der Waals surface area contributed by atoms with Gasteiger partial charge in [0.2, 0.25) is 5.91 Å². The van der Waals surface area contributed by atoms with E-state index in [0.717, 1.165) is 6.42 Å². The number of hydrogen-bond acceptors (Lipinski definition) is 4. The number of primary amides is 1. The number of ether oxygens (including phenoxy) is 2. The zero-order valence-corrected chi connectivity index (χ0v) is 14.9. The van der Waals surface area contributed by atoms with E-state index in [4.69, 9.17) is 15.2 Å². The van der Waals surface area contributed by atoms with Gasteiger partial charge >= 0.3 is 0 Å². The van der Waals surface area contributed by atoms with Gasteiger partial charge in [0.15, 0.2) is 6.10 Å². The van der Waals surface area contributed by atoms with Crippen molar-refractivity contribution >= 4 is 11.8 Å². The van der Waals surface area contributed by atoms with Gasteiger partial charge in [-0.15, -0.1) is 0 Å². The average Bonchev–Trinajstić information content (AvgIpc) is 3.16. The van der Waals surface area contributed by atoms with Gasteiger partial charge in [-0.2, -0.15) is 0 Å². The number of hydrogen-bond donors (Lipinski definition) is 1. The van der Waals surface area contributed by atoms with Crippen molar-refractivity contribution in [1.29, 1.82) is 0 Å². The molecule has 1 fully saturated rings. The monoisotopic (exact) mass is 372 g/mol. The Morgan fingerprint density at radius 1 is 1.11 bits per heavy atom. The van der Waals surface area contributed by atoms with Gasteiger partial charge in [0.05, 0.1) is 0 Å². The van der Waals surface area contributed by atoms with Crippen LogP contribution in [-0.4, -0.2) is 36.4 Å². The molecule has 1 saturated heterocycles. The number of amides is 2. The van der Waals surface area contributed by atoms with Gasteiger partial charge in [0.25, 0.3) is 5.91 Å². The molecule has 2 aromatic carbocycles. The molecule has 0 aromatic heterocycles. The molecule has 142 valence electrons. The SMILES string of the molecule is COC(C(=O)N1CCCC1C(N)=O)c1ccc(Oc2ccc(F)cc2)cc1. The summed E-state index contributed by atoms with van der Waals surface area (Å²) in [7, 11) is 1.45. The summed E-state index contributed by atoms with van der Waals surface area (Å²) in [5, 5.41) is 0. The summed E-state index contributed by atoms with van der Waals surface area (Å²) in [4.78, 5) is 25.9. The summed E-state index contributed by atoms with van der Waals surface area (Å²) >= 11 is 0. The fourth-order valence-electron chi connectivity index (χ4n) is 3.21. The van der Waals surface area contributed by atoms with Crippen LogP contribution in [0.3, 0.4) is 0 Å². The van der Waals surface area contributed by atoms with Crippen LogP contribution in [0.15, 0.2) is 48.5 Å². The van der Waals surface area contributed by atoms with Gasteiger partial charge in [-0.05, 0) is 54.8 Å². The van der Waals surface area contributed by atoms with E-state index in [9.17, 15) is 14.0 Å². The summed E-state index contributed by atoms with van der Waals surface area (Å²) in [6, 6.07) is 11.9. The lowest BCUT2D eigenvalue weighted by Crippen LogP contribution is -2.45. The minimum absolute atomic E-state index is 0.286. The first-order chi connectivity index (χ1) is 13.0. The van der Waals surface area contributed by atoms with Crippen LogP contribution in [-0.2, 0) is 14.3 Å². The molecule has 27 heavy (non-hydrogen) atoms. The second kappa shape index (κ2) is 8.18. The Hall–Kier alpha value is -2.93. The van der Waals surface area contributed by atoms with Crippen molar-refractivity contribution < 1.29 is 23.5 Å². The van der Waals surface area contributed by atoms with Crippen LogP contribution in [0.1, 0.15) is 24.5 Å². The third kappa shape index (κ3) is 4.25. The number of carbonyl (C=O) groups excluding carboxylic acids is 2. The van der Waals surface area contributed by atoms with E-state index in [0.29, 0.717) is 30.0 Å². The van der Waals surface area contributed by atoms with E-state index in [-0.39, 0.29) is 11.7 Å². The van der Waals surface area contributed by atoms with Crippen LogP contribution in [0.4, 0.5) is 4.39 Å². The molecule has 6 nitrogen and oxygen atoms in total. The maximum Gasteiger partial charge on any atom is 0.257 e. The van der Waals surface area contributed by atoms with Crippen molar-refractivity contribution in [3.8, 4) is 11.5 Å². The molecule has 7 heteroatoms. The predicted octanol–water partition coefficient (Wildman–Crippen LogP) is 2.78. The summed E-state index contributed by atoms with van der Waals surface area (Å²) in [5.74, 6) is -0.0752. The van der Waals surface area contributed by atoms with Crippen LogP contribution in [0.2, 0.25) is 0 Å². The number of likely N-dealkylation sites (tertiary alicyclic amines) is 1. The minimum Gasteiger partial charge on any atom is -0.457 e. The second-order valence-electron chi connectivity index (χ2n) is 6.33. The van der Waals surface area contributed by atoms with Crippen LogP contribution in [0.25, 0.3) is 0 Å². The Morgan fingerprint density at radius 3 is 2.26 bits per heavy atom. The van der Waals surface area contributed by atoms with Crippen molar-refractivity contribution in [3.63, 3.8) is 0 Å². The van der Waals surface area contributed by atoms with Crippen molar-refractivity contribution in [1.82, 2.24) is 4.90 Å².